The molecule has 7 nitrogen and oxygen atoms in total. The van der Waals surface area contributed by atoms with Crippen molar-refractivity contribution in [3.63, 3.8) is 0 Å². The van der Waals surface area contributed by atoms with E-state index in [1.54, 1.807) is 0 Å². The van der Waals surface area contributed by atoms with Crippen molar-refractivity contribution in [3.8, 4) is 0 Å². The van der Waals surface area contributed by atoms with Crippen LogP contribution in [0.4, 0.5) is 0 Å². The number of halogens is 1. The number of hydrogen-bond donors (Lipinski definition) is 1. The Morgan fingerprint density at radius 3 is 2.21 bits per heavy atom. The molecule has 0 radical (unpaired) electrons. The molecule has 0 aromatic carbocycles. The molecule has 2 atom stereocenters. The van der Waals surface area contributed by atoms with E-state index >= 15 is 0 Å². The van der Waals surface area contributed by atoms with Crippen LogP contribution in [-0.4, -0.2) is 110 Å². The Labute approximate surface area is 188 Å². The highest BCUT2D eigenvalue weighted by Gasteiger charge is 2.30. The summed E-state index contributed by atoms with van der Waals surface area (Å²) in [6, 6.07) is 0.594. The maximum absolute atomic E-state index is 12.6. The molecule has 0 saturated carbocycles. The van der Waals surface area contributed by atoms with Crippen LogP contribution in [-0.2, 0) is 4.79 Å². The second kappa shape index (κ2) is 12.8. The summed E-state index contributed by atoms with van der Waals surface area (Å²) in [6.07, 6.45) is 3.47. The fourth-order valence-electron chi connectivity index (χ4n) is 3.89. The Kier molecular flexibility index (Phi) is 11.7. The predicted molar refractivity (Wildman–Crippen MR) is 128 cm³/mol. The molecular formula is C20H41IN6O. The van der Waals surface area contributed by atoms with Gasteiger partial charge in [-0.25, -0.2) is 0 Å². The van der Waals surface area contributed by atoms with Crippen molar-refractivity contribution in [2.24, 2.45) is 4.99 Å². The number of hydrogen-bond acceptors (Lipinski definition) is 4. The molecule has 0 bridgehead atoms. The molecule has 28 heavy (non-hydrogen) atoms. The minimum Gasteiger partial charge on any atom is -0.355 e. The molecule has 8 heteroatoms. The molecule has 0 aliphatic carbocycles. The summed E-state index contributed by atoms with van der Waals surface area (Å²) in [5, 5.41) is 3.50. The molecule has 1 amide bonds. The van der Waals surface area contributed by atoms with Gasteiger partial charge in [0.05, 0.1) is 6.04 Å². The van der Waals surface area contributed by atoms with Crippen molar-refractivity contribution in [1.29, 1.82) is 0 Å². The molecular weight excluding hydrogens is 467 g/mol. The number of rotatable bonds is 7. The van der Waals surface area contributed by atoms with Crippen LogP contribution >= 0.6 is 24.0 Å². The fourth-order valence-corrected chi connectivity index (χ4v) is 3.89. The summed E-state index contributed by atoms with van der Waals surface area (Å²) in [4.78, 5) is 26.1. The normalized spacial score (nSPS) is 20.9. The second-order valence-corrected chi connectivity index (χ2v) is 7.94. The van der Waals surface area contributed by atoms with E-state index in [9.17, 15) is 4.79 Å². The summed E-state index contributed by atoms with van der Waals surface area (Å²) in [5.41, 5.74) is 0. The van der Waals surface area contributed by atoms with E-state index < -0.39 is 0 Å². The molecule has 0 aromatic rings. The third-order valence-corrected chi connectivity index (χ3v) is 6.24. The topological polar surface area (TPSA) is 54.4 Å². The van der Waals surface area contributed by atoms with Crippen LogP contribution in [0.3, 0.4) is 0 Å². The maximum Gasteiger partial charge on any atom is 0.239 e. The minimum absolute atomic E-state index is 0. The standard InChI is InChI=1S/C20H40N6O.HI/c1-6-17(2)23(5)12-9-22-20(21-4)26-15-13-24(14-16-26)18(3)19(27)25-10-7-8-11-25;/h17-18H,6-16H2,1-5H3,(H,21,22);1H. The molecule has 2 heterocycles. The summed E-state index contributed by atoms with van der Waals surface area (Å²) in [6.45, 7) is 14.0. The number of nitrogens with one attached hydrogen (secondary N) is 1. The molecule has 2 unspecified atom stereocenters. The molecule has 1 N–H and O–H groups in total. The number of likely N-dealkylation sites (tertiary alicyclic amines) is 1. The van der Waals surface area contributed by atoms with Crippen molar-refractivity contribution in [3.05, 3.63) is 0 Å². The van der Waals surface area contributed by atoms with Crippen LogP contribution in [0.1, 0.15) is 40.0 Å². The molecule has 164 valence electrons. The quantitative estimate of drug-likeness (QED) is 0.321. The highest BCUT2D eigenvalue weighted by Crippen LogP contribution is 2.14. The number of aliphatic imine (C=N–C) groups is 1. The van der Waals surface area contributed by atoms with Crippen molar-refractivity contribution in [2.75, 3.05) is 66.5 Å². The first kappa shape index (κ1) is 25.4. The SMILES string of the molecule is CCC(C)N(C)CCNC(=NC)N1CCN(C(C)C(=O)N2CCCC2)CC1.I. The zero-order valence-electron chi connectivity index (χ0n) is 18.5. The lowest BCUT2D eigenvalue weighted by Crippen LogP contribution is -2.57. The van der Waals surface area contributed by atoms with Crippen molar-refractivity contribution >= 4 is 35.8 Å². The van der Waals surface area contributed by atoms with Crippen LogP contribution in [0, 0.1) is 0 Å². The molecule has 2 aliphatic heterocycles. The van der Waals surface area contributed by atoms with Gasteiger partial charge >= 0.3 is 0 Å². The minimum atomic E-state index is -0.00981. The first-order valence-corrected chi connectivity index (χ1v) is 10.7. The van der Waals surface area contributed by atoms with Crippen molar-refractivity contribution in [1.82, 2.24) is 24.9 Å². The number of amides is 1. The van der Waals surface area contributed by atoms with Gasteiger partial charge in [-0.1, -0.05) is 6.92 Å². The highest BCUT2D eigenvalue weighted by molar-refractivity contribution is 14.0. The Balaban J connectivity index is 0.00000392. The summed E-state index contributed by atoms with van der Waals surface area (Å²) in [5.74, 6) is 1.28. The summed E-state index contributed by atoms with van der Waals surface area (Å²) in [7, 11) is 4.03. The second-order valence-electron chi connectivity index (χ2n) is 7.94. The zero-order chi connectivity index (χ0) is 19.8. The Morgan fingerprint density at radius 2 is 1.68 bits per heavy atom. The van der Waals surface area contributed by atoms with Gasteiger partial charge < -0.3 is 20.0 Å². The number of guanidine groups is 1. The van der Waals surface area contributed by atoms with Gasteiger partial charge in [0.2, 0.25) is 5.91 Å². The zero-order valence-corrected chi connectivity index (χ0v) is 20.8. The number of piperazine rings is 1. The van der Waals surface area contributed by atoms with Gasteiger partial charge in [0.15, 0.2) is 5.96 Å². The van der Waals surface area contributed by atoms with E-state index in [-0.39, 0.29) is 30.0 Å². The van der Waals surface area contributed by atoms with E-state index in [2.05, 4.69) is 52.8 Å². The summed E-state index contributed by atoms with van der Waals surface area (Å²) >= 11 is 0. The highest BCUT2D eigenvalue weighted by atomic mass is 127. The van der Waals surface area contributed by atoms with E-state index in [4.69, 9.17) is 0 Å². The fraction of sp³-hybridized carbons (Fsp3) is 0.900. The van der Waals surface area contributed by atoms with E-state index in [0.29, 0.717) is 11.9 Å². The third kappa shape index (κ3) is 7.02. The molecule has 0 spiro atoms. The average molecular weight is 508 g/mol. The molecule has 2 fully saturated rings. The van der Waals surface area contributed by atoms with Crippen molar-refractivity contribution in [2.45, 2.75) is 52.1 Å². The van der Waals surface area contributed by atoms with Crippen LogP contribution in [0.2, 0.25) is 0 Å². The first-order valence-electron chi connectivity index (χ1n) is 10.7. The number of nitrogens with zero attached hydrogens (tertiary/aromatic N) is 5. The average Bonchev–Trinajstić information content (AvgIpc) is 3.24. The van der Waals surface area contributed by atoms with Crippen LogP contribution in [0.15, 0.2) is 4.99 Å². The van der Waals surface area contributed by atoms with Gasteiger partial charge in [-0.05, 0) is 40.2 Å². The van der Waals surface area contributed by atoms with Crippen molar-refractivity contribution < 1.29 is 4.79 Å². The van der Waals surface area contributed by atoms with Gasteiger partial charge in [-0.15, -0.1) is 24.0 Å². The lowest BCUT2D eigenvalue weighted by atomic mass is 10.2. The lowest BCUT2D eigenvalue weighted by Gasteiger charge is -2.39. The Morgan fingerprint density at radius 1 is 1.07 bits per heavy atom. The van der Waals surface area contributed by atoms with E-state index in [1.165, 1.54) is 6.42 Å². The Hall–Kier alpha value is -0.610. The number of carbonyl (C=O) groups excluding carboxylic acids is 1. The molecule has 2 rings (SSSR count). The van der Waals surface area contributed by atoms with Gasteiger partial charge in [0.1, 0.15) is 0 Å². The van der Waals surface area contributed by atoms with Gasteiger partial charge in [0, 0.05) is 65.4 Å². The van der Waals surface area contributed by atoms with Gasteiger partial charge in [0.25, 0.3) is 0 Å². The molecule has 2 saturated heterocycles. The van der Waals surface area contributed by atoms with E-state index in [1.807, 2.05) is 11.9 Å². The Bertz CT molecular complexity index is 489. The first-order chi connectivity index (χ1) is 13.0. The molecule has 2 aliphatic rings. The molecule has 0 aromatic heterocycles. The lowest BCUT2D eigenvalue weighted by molar-refractivity contribution is -0.135. The smallest absolute Gasteiger partial charge is 0.239 e. The third-order valence-electron chi connectivity index (χ3n) is 6.24. The maximum atomic E-state index is 12.6. The van der Waals surface area contributed by atoms with Crippen LogP contribution < -0.4 is 5.32 Å². The largest absolute Gasteiger partial charge is 0.355 e. The summed E-state index contributed by atoms with van der Waals surface area (Å²) < 4.78 is 0. The number of carbonyl (C=O) groups is 1. The number of likely N-dealkylation sites (N-methyl/N-ethyl adjacent to an activating group) is 1. The van der Waals surface area contributed by atoms with Gasteiger partial charge in [-0.3, -0.25) is 14.7 Å². The van der Waals surface area contributed by atoms with Crippen LogP contribution in [0.25, 0.3) is 0 Å². The van der Waals surface area contributed by atoms with Crippen LogP contribution in [0.5, 0.6) is 0 Å². The monoisotopic (exact) mass is 508 g/mol. The predicted octanol–water partition coefficient (Wildman–Crippen LogP) is 1.54. The van der Waals surface area contributed by atoms with E-state index in [0.717, 1.165) is 71.2 Å². The van der Waals surface area contributed by atoms with Gasteiger partial charge in [-0.2, -0.15) is 0 Å².